The average Bonchev–Trinajstić information content (AvgIpc) is 2.63. The van der Waals surface area contributed by atoms with Crippen LogP contribution in [0.15, 0.2) is 30.3 Å². The molecule has 0 radical (unpaired) electrons. The van der Waals surface area contributed by atoms with Crippen molar-refractivity contribution in [1.82, 2.24) is 0 Å². The van der Waals surface area contributed by atoms with E-state index in [9.17, 15) is 9.90 Å². The van der Waals surface area contributed by atoms with Crippen LogP contribution in [0.3, 0.4) is 0 Å². The van der Waals surface area contributed by atoms with Crippen molar-refractivity contribution in [2.45, 2.75) is 59.5 Å². The van der Waals surface area contributed by atoms with E-state index in [-0.39, 0.29) is 19.1 Å². The van der Waals surface area contributed by atoms with Crippen molar-refractivity contribution in [2.75, 3.05) is 13.2 Å². The lowest BCUT2D eigenvalue weighted by atomic mass is 9.93. The predicted molar refractivity (Wildman–Crippen MR) is 116 cm³/mol. The fourth-order valence-electron chi connectivity index (χ4n) is 3.22. The molecule has 0 atom stereocenters. The van der Waals surface area contributed by atoms with E-state index in [1.807, 2.05) is 32.0 Å². The second-order valence-corrected chi connectivity index (χ2v) is 8.49. The number of hydrogen-bond donors (Lipinski definition) is 2. The molecule has 2 rings (SSSR count). The van der Waals surface area contributed by atoms with Gasteiger partial charge in [0.25, 0.3) is 0 Å². The van der Waals surface area contributed by atoms with Crippen LogP contribution in [0.4, 0.5) is 0 Å². The van der Waals surface area contributed by atoms with Crippen LogP contribution < -0.4 is 10.5 Å². The van der Waals surface area contributed by atoms with Crippen LogP contribution in [-0.4, -0.2) is 29.8 Å². The molecule has 2 aromatic rings. The monoisotopic (exact) mass is 399 g/mol. The molecular weight excluding hydrogens is 366 g/mol. The Labute approximate surface area is 173 Å². The quantitative estimate of drug-likeness (QED) is 0.644. The summed E-state index contributed by atoms with van der Waals surface area (Å²) >= 11 is 0. The van der Waals surface area contributed by atoms with Gasteiger partial charge in [-0.05, 0) is 86.1 Å². The topological polar surface area (TPSA) is 81.8 Å². The lowest BCUT2D eigenvalue weighted by Gasteiger charge is -2.23. The minimum Gasteiger partial charge on any atom is -0.508 e. The Morgan fingerprint density at radius 2 is 1.76 bits per heavy atom. The lowest BCUT2D eigenvalue weighted by Crippen LogP contribution is -2.37. The molecule has 29 heavy (non-hydrogen) atoms. The van der Waals surface area contributed by atoms with Crippen LogP contribution in [0.2, 0.25) is 0 Å². The third-order valence-electron chi connectivity index (χ3n) is 5.00. The smallest absolute Gasteiger partial charge is 0.344 e. The van der Waals surface area contributed by atoms with Crippen molar-refractivity contribution in [3.63, 3.8) is 0 Å². The van der Waals surface area contributed by atoms with Crippen LogP contribution in [0.1, 0.15) is 61.4 Å². The average molecular weight is 400 g/mol. The number of rotatable bonds is 8. The van der Waals surface area contributed by atoms with E-state index in [0.717, 1.165) is 28.7 Å². The van der Waals surface area contributed by atoms with Crippen molar-refractivity contribution in [3.8, 4) is 11.5 Å². The molecule has 0 unspecified atom stereocenters. The second-order valence-electron chi connectivity index (χ2n) is 8.49. The maximum absolute atomic E-state index is 12.0. The van der Waals surface area contributed by atoms with E-state index in [4.69, 9.17) is 15.2 Å². The van der Waals surface area contributed by atoms with Gasteiger partial charge in [-0.25, -0.2) is 4.79 Å². The first-order valence-electron chi connectivity index (χ1n) is 9.99. The van der Waals surface area contributed by atoms with Crippen LogP contribution in [0.5, 0.6) is 11.5 Å². The molecule has 5 nitrogen and oxygen atoms in total. The van der Waals surface area contributed by atoms with Gasteiger partial charge in [-0.1, -0.05) is 26.0 Å². The summed E-state index contributed by atoms with van der Waals surface area (Å²) < 4.78 is 10.9. The van der Waals surface area contributed by atoms with Crippen molar-refractivity contribution in [3.05, 3.63) is 58.1 Å². The van der Waals surface area contributed by atoms with Crippen LogP contribution in [0.25, 0.3) is 0 Å². The van der Waals surface area contributed by atoms with Gasteiger partial charge < -0.3 is 20.3 Å². The molecule has 3 N–H and O–H groups in total. The molecule has 0 heterocycles. The Morgan fingerprint density at radius 3 is 2.31 bits per heavy atom. The number of benzene rings is 2. The van der Waals surface area contributed by atoms with E-state index in [0.29, 0.717) is 11.5 Å². The highest BCUT2D eigenvalue weighted by Crippen LogP contribution is 2.29. The third-order valence-corrected chi connectivity index (χ3v) is 5.00. The highest BCUT2D eigenvalue weighted by molar-refractivity contribution is 5.71. The van der Waals surface area contributed by atoms with E-state index in [1.165, 1.54) is 5.56 Å². The Bertz CT molecular complexity index is 848. The number of phenols is 1. The second kappa shape index (κ2) is 9.31. The largest absolute Gasteiger partial charge is 0.508 e. The van der Waals surface area contributed by atoms with Crippen LogP contribution in [0, 0.1) is 13.8 Å². The highest BCUT2D eigenvalue weighted by atomic mass is 16.6. The van der Waals surface area contributed by atoms with Crippen molar-refractivity contribution < 1.29 is 19.4 Å². The van der Waals surface area contributed by atoms with E-state index in [2.05, 4.69) is 19.9 Å². The minimum atomic E-state index is -0.699. The molecule has 0 saturated carbocycles. The van der Waals surface area contributed by atoms with Gasteiger partial charge in [-0.2, -0.15) is 0 Å². The Kier molecular flexibility index (Phi) is 7.31. The van der Waals surface area contributed by atoms with Gasteiger partial charge in [0, 0.05) is 6.54 Å². The summed E-state index contributed by atoms with van der Waals surface area (Å²) in [6.07, 6.45) is 0.769. The molecule has 0 aliphatic carbocycles. The molecule has 2 aromatic carbocycles. The van der Waals surface area contributed by atoms with Gasteiger partial charge in [0.05, 0.1) is 0 Å². The lowest BCUT2D eigenvalue weighted by molar-refractivity contribution is -0.157. The molecule has 158 valence electrons. The molecule has 0 aromatic heterocycles. The van der Waals surface area contributed by atoms with Crippen molar-refractivity contribution in [1.29, 1.82) is 0 Å². The molecular formula is C24H33NO4. The molecule has 0 amide bonds. The molecule has 0 aliphatic heterocycles. The van der Waals surface area contributed by atoms with Gasteiger partial charge in [-0.3, -0.25) is 0 Å². The summed E-state index contributed by atoms with van der Waals surface area (Å²) in [5.41, 5.74) is 10.4. The maximum atomic E-state index is 12.0. The molecule has 0 aliphatic rings. The number of esters is 1. The maximum Gasteiger partial charge on any atom is 0.344 e. The van der Waals surface area contributed by atoms with Gasteiger partial charge in [0.15, 0.2) is 6.61 Å². The summed E-state index contributed by atoms with van der Waals surface area (Å²) in [7, 11) is 0. The van der Waals surface area contributed by atoms with Gasteiger partial charge in [0.2, 0.25) is 0 Å². The molecule has 0 bridgehead atoms. The summed E-state index contributed by atoms with van der Waals surface area (Å²) in [4.78, 5) is 12.0. The fourth-order valence-corrected chi connectivity index (χ4v) is 3.22. The Balaban J connectivity index is 2.12. The summed E-state index contributed by atoms with van der Waals surface area (Å²) in [6, 6.07) is 9.67. The van der Waals surface area contributed by atoms with Gasteiger partial charge >= 0.3 is 5.97 Å². The standard InChI is InChI=1S/C24H33NO4/c1-15(2)20-11-18(7-8-22(20)26)12-21-16(3)9-19(10-17(21)4)28-13-23(27)29-24(5,6)14-25/h7-11,15,26H,12-14,25H2,1-6H3. The van der Waals surface area contributed by atoms with E-state index >= 15 is 0 Å². The summed E-state index contributed by atoms with van der Waals surface area (Å²) in [5, 5.41) is 10.0. The third kappa shape index (κ3) is 6.23. The molecule has 0 fully saturated rings. The summed E-state index contributed by atoms with van der Waals surface area (Å²) in [5.74, 6) is 0.799. The summed E-state index contributed by atoms with van der Waals surface area (Å²) in [6.45, 7) is 11.8. The van der Waals surface area contributed by atoms with E-state index in [1.54, 1.807) is 19.9 Å². The van der Waals surface area contributed by atoms with Crippen molar-refractivity contribution >= 4 is 5.97 Å². The number of ether oxygens (including phenoxy) is 2. The number of carbonyl (C=O) groups is 1. The number of hydrogen-bond acceptors (Lipinski definition) is 5. The molecule has 5 heteroatoms. The normalized spacial score (nSPS) is 11.6. The molecule has 0 spiro atoms. The predicted octanol–water partition coefficient (Wildman–Crippen LogP) is 4.38. The zero-order valence-corrected chi connectivity index (χ0v) is 18.3. The number of carbonyl (C=O) groups excluding carboxylic acids is 1. The first-order chi connectivity index (χ1) is 13.5. The zero-order chi connectivity index (χ0) is 21.8. The SMILES string of the molecule is Cc1cc(OCC(=O)OC(C)(C)CN)cc(C)c1Cc1ccc(O)c(C(C)C)c1. The van der Waals surface area contributed by atoms with Crippen LogP contribution >= 0.6 is 0 Å². The van der Waals surface area contributed by atoms with Crippen LogP contribution in [-0.2, 0) is 16.0 Å². The zero-order valence-electron chi connectivity index (χ0n) is 18.3. The minimum absolute atomic E-state index is 0.155. The first kappa shape index (κ1) is 22.8. The van der Waals surface area contributed by atoms with Gasteiger partial charge in [0.1, 0.15) is 17.1 Å². The first-order valence-corrected chi connectivity index (χ1v) is 9.99. The molecule has 0 saturated heterocycles. The van der Waals surface area contributed by atoms with Crippen molar-refractivity contribution in [2.24, 2.45) is 5.73 Å². The van der Waals surface area contributed by atoms with Gasteiger partial charge in [-0.15, -0.1) is 0 Å². The Hall–Kier alpha value is -2.53. The fraction of sp³-hybridized carbons (Fsp3) is 0.458. The number of nitrogens with two attached hydrogens (primary N) is 1. The Morgan fingerprint density at radius 1 is 1.14 bits per heavy atom. The highest BCUT2D eigenvalue weighted by Gasteiger charge is 2.21. The number of aromatic hydroxyl groups is 1. The number of phenolic OH excluding ortho intramolecular Hbond substituents is 1. The number of aryl methyl sites for hydroxylation is 2. The van der Waals surface area contributed by atoms with E-state index < -0.39 is 11.6 Å².